The summed E-state index contributed by atoms with van der Waals surface area (Å²) in [4.78, 5) is 12.7. The minimum atomic E-state index is -0.399. The van der Waals surface area contributed by atoms with Crippen LogP contribution in [-0.2, 0) is 9.53 Å². The molecule has 2 fully saturated rings. The summed E-state index contributed by atoms with van der Waals surface area (Å²) in [6.45, 7) is 4.65. The van der Waals surface area contributed by atoms with E-state index < -0.39 is 5.54 Å². The molecule has 0 heterocycles. The van der Waals surface area contributed by atoms with E-state index in [1.807, 2.05) is 6.92 Å². The summed E-state index contributed by atoms with van der Waals surface area (Å²) in [6.07, 6.45) is 13.3. The standard InChI is InChI=1S/C18H33NO2/c1-3-15-10-9-13-18(14-15,17(20)21-4-2)19-16-11-7-5-6-8-12-16/h15-16,19H,3-14H2,1-2H3. The quantitative estimate of drug-likeness (QED) is 0.610. The first-order chi connectivity index (χ1) is 10.2. The second-order valence-corrected chi connectivity index (χ2v) is 7.01. The zero-order valence-electron chi connectivity index (χ0n) is 14.0. The Morgan fingerprint density at radius 3 is 2.43 bits per heavy atom. The summed E-state index contributed by atoms with van der Waals surface area (Å²) >= 11 is 0. The SMILES string of the molecule is CCOC(=O)C1(NC2CCCCCC2)CCCC(CC)C1. The lowest BCUT2D eigenvalue weighted by atomic mass is 9.74. The number of carbonyl (C=O) groups excluding carboxylic acids is 1. The first kappa shape index (κ1) is 16.8. The lowest BCUT2D eigenvalue weighted by Crippen LogP contribution is -2.58. The maximum atomic E-state index is 12.7. The number of ether oxygens (including phenoxy) is 1. The molecule has 2 saturated carbocycles. The van der Waals surface area contributed by atoms with E-state index in [-0.39, 0.29) is 5.97 Å². The molecule has 122 valence electrons. The van der Waals surface area contributed by atoms with Gasteiger partial charge in [0, 0.05) is 6.04 Å². The Balaban J connectivity index is 2.08. The zero-order chi connectivity index (χ0) is 15.1. The molecule has 2 aliphatic carbocycles. The lowest BCUT2D eigenvalue weighted by Gasteiger charge is -2.41. The molecule has 21 heavy (non-hydrogen) atoms. The molecule has 0 aromatic carbocycles. The van der Waals surface area contributed by atoms with Gasteiger partial charge in [-0.15, -0.1) is 0 Å². The molecular formula is C18H33NO2. The van der Waals surface area contributed by atoms with Crippen LogP contribution >= 0.6 is 0 Å². The van der Waals surface area contributed by atoms with Crippen LogP contribution in [0.4, 0.5) is 0 Å². The van der Waals surface area contributed by atoms with Crippen molar-refractivity contribution in [2.75, 3.05) is 6.61 Å². The highest BCUT2D eigenvalue weighted by Crippen LogP contribution is 2.36. The van der Waals surface area contributed by atoms with E-state index in [9.17, 15) is 4.79 Å². The Bertz CT molecular complexity index is 323. The average Bonchev–Trinajstić information content (AvgIpc) is 2.76. The lowest BCUT2D eigenvalue weighted by molar-refractivity contribution is -0.154. The molecule has 0 aromatic rings. The van der Waals surface area contributed by atoms with Gasteiger partial charge in [-0.05, 0) is 38.5 Å². The Kier molecular flexibility index (Phi) is 6.53. The van der Waals surface area contributed by atoms with Crippen molar-refractivity contribution >= 4 is 5.97 Å². The summed E-state index contributed by atoms with van der Waals surface area (Å²) in [5, 5.41) is 3.79. The number of esters is 1. The van der Waals surface area contributed by atoms with Crippen LogP contribution in [0.5, 0.6) is 0 Å². The molecule has 2 atom stereocenters. The van der Waals surface area contributed by atoms with Crippen LogP contribution in [0, 0.1) is 5.92 Å². The van der Waals surface area contributed by atoms with E-state index in [0.29, 0.717) is 18.6 Å². The minimum Gasteiger partial charge on any atom is -0.465 e. The van der Waals surface area contributed by atoms with Crippen LogP contribution in [0.25, 0.3) is 0 Å². The largest absolute Gasteiger partial charge is 0.465 e. The summed E-state index contributed by atoms with van der Waals surface area (Å²) in [6, 6.07) is 0.507. The molecule has 3 heteroatoms. The van der Waals surface area contributed by atoms with Crippen molar-refractivity contribution in [3.05, 3.63) is 0 Å². The normalized spacial score (nSPS) is 31.6. The van der Waals surface area contributed by atoms with Crippen molar-refractivity contribution in [3.8, 4) is 0 Å². The monoisotopic (exact) mass is 295 g/mol. The number of carbonyl (C=O) groups is 1. The Labute approximate surface area is 130 Å². The van der Waals surface area contributed by atoms with Crippen LogP contribution in [0.2, 0.25) is 0 Å². The molecule has 0 aromatic heterocycles. The second-order valence-electron chi connectivity index (χ2n) is 7.01. The highest BCUT2D eigenvalue weighted by molar-refractivity contribution is 5.81. The van der Waals surface area contributed by atoms with Gasteiger partial charge in [0.05, 0.1) is 6.61 Å². The molecule has 2 unspecified atom stereocenters. The first-order valence-corrected chi connectivity index (χ1v) is 9.15. The number of rotatable bonds is 5. The Morgan fingerprint density at radius 1 is 1.10 bits per heavy atom. The van der Waals surface area contributed by atoms with Gasteiger partial charge in [-0.1, -0.05) is 51.9 Å². The predicted octanol–water partition coefficient (Wildman–Crippen LogP) is 4.20. The molecule has 3 nitrogen and oxygen atoms in total. The van der Waals surface area contributed by atoms with Gasteiger partial charge in [0.2, 0.25) is 0 Å². The van der Waals surface area contributed by atoms with Crippen molar-refractivity contribution in [2.24, 2.45) is 5.92 Å². The van der Waals surface area contributed by atoms with Crippen LogP contribution in [0.1, 0.15) is 84.5 Å². The summed E-state index contributed by atoms with van der Waals surface area (Å²) in [5.41, 5.74) is -0.399. The van der Waals surface area contributed by atoms with Crippen LogP contribution in [0.15, 0.2) is 0 Å². The van der Waals surface area contributed by atoms with E-state index in [1.54, 1.807) is 0 Å². The first-order valence-electron chi connectivity index (χ1n) is 9.15. The highest BCUT2D eigenvalue weighted by Gasteiger charge is 2.44. The minimum absolute atomic E-state index is 0.00685. The van der Waals surface area contributed by atoms with Gasteiger partial charge >= 0.3 is 5.97 Å². The van der Waals surface area contributed by atoms with Crippen molar-refractivity contribution in [1.29, 1.82) is 0 Å². The highest BCUT2D eigenvalue weighted by atomic mass is 16.5. The third-order valence-corrected chi connectivity index (χ3v) is 5.43. The molecule has 0 aliphatic heterocycles. The van der Waals surface area contributed by atoms with E-state index >= 15 is 0 Å². The fourth-order valence-corrected chi connectivity index (χ4v) is 4.20. The fourth-order valence-electron chi connectivity index (χ4n) is 4.20. The number of hydrogen-bond donors (Lipinski definition) is 1. The predicted molar refractivity (Wildman–Crippen MR) is 86.2 cm³/mol. The van der Waals surface area contributed by atoms with Gasteiger partial charge in [-0.3, -0.25) is 10.1 Å². The topological polar surface area (TPSA) is 38.3 Å². The molecule has 2 rings (SSSR count). The zero-order valence-corrected chi connectivity index (χ0v) is 14.0. The van der Waals surface area contributed by atoms with E-state index in [2.05, 4.69) is 12.2 Å². The maximum Gasteiger partial charge on any atom is 0.326 e. The second kappa shape index (κ2) is 8.17. The van der Waals surface area contributed by atoms with Crippen LogP contribution in [0.3, 0.4) is 0 Å². The van der Waals surface area contributed by atoms with Gasteiger partial charge in [0.15, 0.2) is 0 Å². The molecule has 0 bridgehead atoms. The summed E-state index contributed by atoms with van der Waals surface area (Å²) in [7, 11) is 0. The number of hydrogen-bond acceptors (Lipinski definition) is 3. The third-order valence-electron chi connectivity index (χ3n) is 5.43. The summed E-state index contributed by atoms with van der Waals surface area (Å²) < 4.78 is 5.45. The van der Waals surface area contributed by atoms with Crippen molar-refractivity contribution < 1.29 is 9.53 Å². The van der Waals surface area contributed by atoms with Crippen molar-refractivity contribution in [3.63, 3.8) is 0 Å². The smallest absolute Gasteiger partial charge is 0.326 e. The van der Waals surface area contributed by atoms with Gasteiger partial charge < -0.3 is 4.74 Å². The molecule has 0 saturated heterocycles. The Hall–Kier alpha value is -0.570. The van der Waals surface area contributed by atoms with E-state index in [4.69, 9.17) is 4.74 Å². The third kappa shape index (κ3) is 4.45. The molecule has 2 aliphatic rings. The van der Waals surface area contributed by atoms with E-state index in [1.165, 1.54) is 51.4 Å². The molecule has 1 N–H and O–H groups in total. The van der Waals surface area contributed by atoms with Gasteiger partial charge in [0.25, 0.3) is 0 Å². The Morgan fingerprint density at radius 2 is 1.81 bits per heavy atom. The molecule has 0 radical (unpaired) electrons. The van der Waals surface area contributed by atoms with Crippen LogP contribution < -0.4 is 5.32 Å². The van der Waals surface area contributed by atoms with Gasteiger partial charge in [-0.2, -0.15) is 0 Å². The van der Waals surface area contributed by atoms with E-state index in [0.717, 1.165) is 19.3 Å². The van der Waals surface area contributed by atoms with Crippen molar-refractivity contribution in [2.45, 2.75) is 96.1 Å². The van der Waals surface area contributed by atoms with Gasteiger partial charge in [-0.25, -0.2) is 0 Å². The average molecular weight is 295 g/mol. The molecule has 0 amide bonds. The fraction of sp³-hybridized carbons (Fsp3) is 0.944. The van der Waals surface area contributed by atoms with Crippen molar-refractivity contribution in [1.82, 2.24) is 5.32 Å². The summed E-state index contributed by atoms with van der Waals surface area (Å²) in [5.74, 6) is 0.675. The van der Waals surface area contributed by atoms with Gasteiger partial charge in [0.1, 0.15) is 5.54 Å². The molecule has 0 spiro atoms. The van der Waals surface area contributed by atoms with Crippen LogP contribution in [-0.4, -0.2) is 24.2 Å². The number of nitrogens with one attached hydrogen (secondary N) is 1. The maximum absolute atomic E-state index is 12.7. The molecular weight excluding hydrogens is 262 g/mol.